The van der Waals surface area contributed by atoms with E-state index >= 15 is 0 Å². The van der Waals surface area contributed by atoms with Gasteiger partial charge in [0.05, 0.1) is 21.9 Å². The lowest BCUT2D eigenvalue weighted by Gasteiger charge is -2.41. The molecule has 0 radical (unpaired) electrons. The van der Waals surface area contributed by atoms with E-state index < -0.39 is 0 Å². The summed E-state index contributed by atoms with van der Waals surface area (Å²) in [6.07, 6.45) is 14.3. The lowest BCUT2D eigenvalue weighted by Crippen LogP contribution is -2.50. The fourth-order valence-electron chi connectivity index (χ4n) is 3.41. The van der Waals surface area contributed by atoms with Crippen LogP contribution >= 0.6 is 63.7 Å². The van der Waals surface area contributed by atoms with Crippen LogP contribution < -0.4 is 0 Å². The summed E-state index contributed by atoms with van der Waals surface area (Å²) in [5.74, 6) is 0. The molecule has 6 unspecified atom stereocenters. The van der Waals surface area contributed by atoms with Gasteiger partial charge in [0.2, 0.25) is 0 Å². The molecule has 0 spiro atoms. The number of ether oxygens (including phenoxy) is 3. The first-order valence-corrected chi connectivity index (χ1v) is 11.4. The van der Waals surface area contributed by atoms with Crippen molar-refractivity contribution in [3.05, 3.63) is 45.4 Å². The largest absolute Gasteiger partial charge is 0.370 e. The Labute approximate surface area is 181 Å². The Hall–Kier alpha value is 0.760. The maximum Gasteiger partial charge on any atom is 0.109 e. The van der Waals surface area contributed by atoms with Crippen LogP contribution in [0.1, 0.15) is 12.8 Å². The normalized spacial score (nSPS) is 41.8. The van der Waals surface area contributed by atoms with Gasteiger partial charge in [-0.15, -0.1) is 0 Å². The van der Waals surface area contributed by atoms with E-state index in [2.05, 4.69) is 100 Å². The fraction of sp³-hybridized carbons (Fsp3) is 0.556. The van der Waals surface area contributed by atoms with Crippen molar-refractivity contribution in [2.24, 2.45) is 0 Å². The van der Waals surface area contributed by atoms with Crippen LogP contribution in [0.3, 0.4) is 0 Å². The summed E-state index contributed by atoms with van der Waals surface area (Å²) in [5.41, 5.74) is 0. The minimum absolute atomic E-state index is 0.0910. The second kappa shape index (κ2) is 7.30. The van der Waals surface area contributed by atoms with Gasteiger partial charge in [-0.3, -0.25) is 0 Å². The molecule has 0 aromatic heterocycles. The summed E-state index contributed by atoms with van der Waals surface area (Å²) in [6.45, 7) is 1.47. The predicted molar refractivity (Wildman–Crippen MR) is 113 cm³/mol. The van der Waals surface area contributed by atoms with Crippen LogP contribution in [0.4, 0.5) is 0 Å². The van der Waals surface area contributed by atoms with E-state index in [1.807, 2.05) is 0 Å². The number of allylic oxidation sites excluding steroid dienone is 6. The zero-order valence-electron chi connectivity index (χ0n) is 13.3. The van der Waals surface area contributed by atoms with Gasteiger partial charge >= 0.3 is 0 Å². The Morgan fingerprint density at radius 2 is 1.28 bits per heavy atom. The molecule has 4 rings (SSSR count). The smallest absolute Gasteiger partial charge is 0.109 e. The van der Waals surface area contributed by atoms with Gasteiger partial charge < -0.3 is 14.2 Å². The third-order valence-electron chi connectivity index (χ3n) is 4.81. The molecule has 0 aromatic rings. The molecule has 2 aliphatic heterocycles. The summed E-state index contributed by atoms with van der Waals surface area (Å²) in [4.78, 5) is 0. The van der Waals surface area contributed by atoms with Gasteiger partial charge in [0.1, 0.15) is 24.4 Å². The Kier molecular flexibility index (Phi) is 5.57. The number of hydrogen-bond acceptors (Lipinski definition) is 3. The van der Waals surface area contributed by atoms with Gasteiger partial charge in [-0.1, -0.05) is 100 Å². The van der Waals surface area contributed by atoms with Crippen molar-refractivity contribution < 1.29 is 14.2 Å². The van der Waals surface area contributed by atoms with Gasteiger partial charge in [-0.05, 0) is 8.96 Å². The third kappa shape index (κ3) is 4.28. The van der Waals surface area contributed by atoms with Crippen molar-refractivity contribution in [3.8, 4) is 0 Å². The summed E-state index contributed by atoms with van der Waals surface area (Å²) >= 11 is 15.1. The average Bonchev–Trinajstić information content (AvgIpc) is 3.41. The number of halogens is 4. The molecule has 2 heterocycles. The molecule has 0 saturated carbocycles. The van der Waals surface area contributed by atoms with Crippen LogP contribution in [0.2, 0.25) is 0 Å². The minimum atomic E-state index is -0.288. The maximum absolute atomic E-state index is 6.74. The molecule has 25 heavy (non-hydrogen) atoms. The molecular weight excluding hydrogens is 584 g/mol. The van der Waals surface area contributed by atoms with Crippen molar-refractivity contribution >= 4 is 63.7 Å². The van der Waals surface area contributed by atoms with Crippen LogP contribution in [-0.4, -0.2) is 46.3 Å². The zero-order chi connectivity index (χ0) is 17.7. The number of hydrogen-bond donors (Lipinski definition) is 0. The molecule has 0 aromatic carbocycles. The van der Waals surface area contributed by atoms with Crippen LogP contribution in [0.5, 0.6) is 0 Å². The molecule has 2 aliphatic carbocycles. The highest BCUT2D eigenvalue weighted by molar-refractivity contribution is 9.12. The Morgan fingerprint density at radius 1 is 0.880 bits per heavy atom. The van der Waals surface area contributed by atoms with E-state index in [0.717, 1.165) is 35.0 Å². The highest BCUT2D eigenvalue weighted by Crippen LogP contribution is 2.47. The molecule has 136 valence electrons. The number of rotatable bonds is 6. The van der Waals surface area contributed by atoms with Crippen LogP contribution in [0.25, 0.3) is 0 Å². The van der Waals surface area contributed by atoms with Gasteiger partial charge in [0, 0.05) is 12.8 Å². The summed E-state index contributed by atoms with van der Waals surface area (Å²) < 4.78 is 19.8. The van der Waals surface area contributed by atoms with E-state index in [4.69, 9.17) is 14.2 Å². The molecule has 2 fully saturated rings. The standard InChI is InChI=1S/C18H18Br4O3/c19-11-3-1-5-17(21,7-11)15(13-9-23-13)25-16(14-10-24-14)18(22)6-2-4-12(20)8-18/h1-6,13-16H,7-10H2. The monoisotopic (exact) mass is 598 g/mol. The second-order valence-corrected chi connectivity index (χ2v) is 11.9. The van der Waals surface area contributed by atoms with Gasteiger partial charge in [-0.25, -0.2) is 0 Å². The number of alkyl halides is 2. The minimum Gasteiger partial charge on any atom is -0.370 e. The van der Waals surface area contributed by atoms with E-state index in [1.54, 1.807) is 0 Å². The molecule has 2 saturated heterocycles. The van der Waals surface area contributed by atoms with Crippen LogP contribution in [0, 0.1) is 0 Å². The lowest BCUT2D eigenvalue weighted by atomic mass is 9.89. The predicted octanol–water partition coefficient (Wildman–Crippen LogP) is 5.28. The topological polar surface area (TPSA) is 34.3 Å². The highest BCUT2D eigenvalue weighted by Gasteiger charge is 2.54. The third-order valence-corrected chi connectivity index (χ3v) is 7.89. The first kappa shape index (κ1) is 19.1. The van der Waals surface area contributed by atoms with Gasteiger partial charge in [-0.2, -0.15) is 0 Å². The van der Waals surface area contributed by atoms with E-state index in [9.17, 15) is 0 Å². The SMILES string of the molecule is BrC1=CC=CC(Br)(C(OC(C2CO2)C2(Br)C=CC=C(Br)C2)C2CO2)C1. The van der Waals surface area contributed by atoms with Gasteiger partial charge in [0.15, 0.2) is 0 Å². The van der Waals surface area contributed by atoms with Crippen molar-refractivity contribution in [1.29, 1.82) is 0 Å². The highest BCUT2D eigenvalue weighted by atomic mass is 79.9. The molecule has 0 amide bonds. The fourth-order valence-corrected chi connectivity index (χ4v) is 7.11. The van der Waals surface area contributed by atoms with Crippen LogP contribution in [0.15, 0.2) is 45.4 Å². The van der Waals surface area contributed by atoms with Crippen molar-refractivity contribution in [1.82, 2.24) is 0 Å². The van der Waals surface area contributed by atoms with E-state index in [1.165, 1.54) is 0 Å². The lowest BCUT2D eigenvalue weighted by molar-refractivity contribution is -0.0574. The zero-order valence-corrected chi connectivity index (χ0v) is 19.7. The summed E-state index contributed by atoms with van der Waals surface area (Å²) in [6, 6.07) is 0. The quantitative estimate of drug-likeness (QED) is 0.307. The molecule has 0 N–H and O–H groups in total. The van der Waals surface area contributed by atoms with Crippen LogP contribution in [-0.2, 0) is 14.2 Å². The summed E-state index contributed by atoms with van der Waals surface area (Å²) in [5, 5.41) is 0. The Balaban J connectivity index is 1.58. The van der Waals surface area contributed by atoms with Gasteiger partial charge in [0.25, 0.3) is 0 Å². The van der Waals surface area contributed by atoms with Crippen molar-refractivity contribution in [2.75, 3.05) is 13.2 Å². The molecular formula is C18H18Br4O3. The second-order valence-electron chi connectivity index (χ2n) is 6.87. The molecule has 0 bridgehead atoms. The average molecular weight is 602 g/mol. The van der Waals surface area contributed by atoms with E-state index in [0.29, 0.717) is 0 Å². The summed E-state index contributed by atoms with van der Waals surface area (Å²) in [7, 11) is 0. The van der Waals surface area contributed by atoms with Crippen molar-refractivity contribution in [2.45, 2.75) is 45.9 Å². The molecule has 7 heteroatoms. The van der Waals surface area contributed by atoms with Crippen molar-refractivity contribution in [3.63, 3.8) is 0 Å². The molecule has 4 aliphatic rings. The Morgan fingerprint density at radius 3 is 1.60 bits per heavy atom. The maximum atomic E-state index is 6.74. The van der Waals surface area contributed by atoms with E-state index in [-0.39, 0.29) is 33.1 Å². The molecule has 6 atom stereocenters. The molecule has 3 nitrogen and oxygen atoms in total. The first-order valence-electron chi connectivity index (χ1n) is 8.24. The Bertz CT molecular complexity index is 609. The first-order chi connectivity index (χ1) is 11.9. The number of epoxide rings is 2.